The van der Waals surface area contributed by atoms with Gasteiger partial charge in [0.1, 0.15) is 0 Å². The van der Waals surface area contributed by atoms with E-state index in [4.69, 9.17) is 0 Å². The van der Waals surface area contributed by atoms with Crippen molar-refractivity contribution in [1.29, 1.82) is 0 Å². The molecular formula is C13H13IOS. The Labute approximate surface area is 113 Å². The second kappa shape index (κ2) is 5.29. The van der Waals surface area contributed by atoms with E-state index < -0.39 is 0 Å². The van der Waals surface area contributed by atoms with Crippen LogP contribution in [0.15, 0.2) is 35.0 Å². The first-order valence-corrected chi connectivity index (χ1v) is 7.14. The van der Waals surface area contributed by atoms with E-state index in [1.165, 1.54) is 14.7 Å². The van der Waals surface area contributed by atoms with Gasteiger partial charge in [-0.3, -0.25) is 0 Å². The summed E-state index contributed by atoms with van der Waals surface area (Å²) in [4.78, 5) is 0. The van der Waals surface area contributed by atoms with E-state index in [0.717, 1.165) is 5.56 Å². The van der Waals surface area contributed by atoms with Crippen LogP contribution in [0, 0.1) is 10.5 Å². The number of hydrogen-bond acceptors (Lipinski definition) is 2. The normalized spacial score (nSPS) is 12.7. The summed E-state index contributed by atoms with van der Waals surface area (Å²) in [5, 5.41) is 14.2. The maximum atomic E-state index is 10.1. The molecule has 0 spiro atoms. The Bertz CT molecular complexity index is 461. The quantitative estimate of drug-likeness (QED) is 0.837. The maximum Gasteiger partial charge on any atom is 0.0840 e. The van der Waals surface area contributed by atoms with Crippen LogP contribution in [0.5, 0.6) is 0 Å². The van der Waals surface area contributed by atoms with Crippen molar-refractivity contribution in [1.82, 2.24) is 0 Å². The molecule has 0 fully saturated rings. The first-order chi connectivity index (χ1) is 7.66. The number of hydrogen-bond donors (Lipinski definition) is 1. The minimum absolute atomic E-state index is 0.383. The highest BCUT2D eigenvalue weighted by Gasteiger charge is 2.11. The summed E-state index contributed by atoms with van der Waals surface area (Å²) in [6.07, 6.45) is 0.306. The van der Waals surface area contributed by atoms with Gasteiger partial charge in [0.2, 0.25) is 0 Å². The molecule has 1 atom stereocenters. The van der Waals surface area contributed by atoms with Crippen molar-refractivity contribution in [3.8, 4) is 0 Å². The van der Waals surface area contributed by atoms with Gasteiger partial charge in [-0.2, -0.15) is 11.3 Å². The zero-order chi connectivity index (χ0) is 11.5. The van der Waals surface area contributed by atoms with Crippen LogP contribution in [0.1, 0.15) is 22.8 Å². The lowest BCUT2D eigenvalue weighted by Gasteiger charge is -2.10. The number of aryl methyl sites for hydroxylation is 1. The maximum absolute atomic E-state index is 10.1. The standard InChI is InChI=1S/C13H13IOS/c1-9-7-16-8-12(9)13(15)6-10-2-4-11(14)5-3-10/h2-5,7-8,13,15H,6H2,1H3. The molecule has 0 saturated carbocycles. The van der Waals surface area contributed by atoms with Gasteiger partial charge >= 0.3 is 0 Å². The third-order valence-electron chi connectivity index (χ3n) is 2.60. The number of halogens is 1. The van der Waals surface area contributed by atoms with Crippen LogP contribution in [-0.4, -0.2) is 5.11 Å². The van der Waals surface area contributed by atoms with E-state index in [2.05, 4.69) is 52.2 Å². The topological polar surface area (TPSA) is 20.2 Å². The number of aliphatic hydroxyl groups is 1. The molecule has 16 heavy (non-hydrogen) atoms. The second-order valence-corrected chi connectivity index (χ2v) is 5.85. The average Bonchev–Trinajstić information content (AvgIpc) is 2.68. The van der Waals surface area contributed by atoms with Crippen molar-refractivity contribution in [2.24, 2.45) is 0 Å². The Kier molecular flexibility index (Phi) is 4.00. The van der Waals surface area contributed by atoms with Crippen molar-refractivity contribution in [3.05, 3.63) is 55.3 Å². The molecule has 1 nitrogen and oxygen atoms in total. The number of rotatable bonds is 3. The molecule has 3 heteroatoms. The molecule has 0 aliphatic carbocycles. The molecule has 0 aliphatic heterocycles. The lowest BCUT2D eigenvalue weighted by molar-refractivity contribution is 0.178. The minimum Gasteiger partial charge on any atom is -0.388 e. The predicted molar refractivity (Wildman–Crippen MR) is 76.9 cm³/mol. The van der Waals surface area contributed by atoms with Crippen molar-refractivity contribution < 1.29 is 5.11 Å². The monoisotopic (exact) mass is 344 g/mol. The summed E-state index contributed by atoms with van der Waals surface area (Å²) < 4.78 is 1.22. The molecule has 84 valence electrons. The van der Waals surface area contributed by atoms with Crippen molar-refractivity contribution >= 4 is 33.9 Å². The first kappa shape index (κ1) is 12.1. The Morgan fingerprint density at radius 3 is 2.50 bits per heavy atom. The average molecular weight is 344 g/mol. The molecule has 0 radical (unpaired) electrons. The van der Waals surface area contributed by atoms with Crippen LogP contribution < -0.4 is 0 Å². The van der Waals surface area contributed by atoms with Crippen LogP contribution in [0.25, 0.3) is 0 Å². The molecule has 1 aromatic heterocycles. The third kappa shape index (κ3) is 2.84. The van der Waals surface area contributed by atoms with Gasteiger partial charge in [0.05, 0.1) is 6.10 Å². The molecule has 1 unspecified atom stereocenters. The zero-order valence-corrected chi connectivity index (χ0v) is 12.0. The molecule has 1 aromatic carbocycles. The van der Waals surface area contributed by atoms with Gasteiger partial charge in [-0.15, -0.1) is 0 Å². The Hall–Kier alpha value is -0.390. The van der Waals surface area contributed by atoms with E-state index in [-0.39, 0.29) is 6.10 Å². The van der Waals surface area contributed by atoms with E-state index in [1.807, 2.05) is 12.3 Å². The highest BCUT2D eigenvalue weighted by atomic mass is 127. The lowest BCUT2D eigenvalue weighted by atomic mass is 10.0. The van der Waals surface area contributed by atoms with Gasteiger partial charge in [0.25, 0.3) is 0 Å². The van der Waals surface area contributed by atoms with Gasteiger partial charge in [-0.05, 0) is 69.1 Å². The SMILES string of the molecule is Cc1cscc1C(O)Cc1ccc(I)cc1. The third-order valence-corrected chi connectivity index (χ3v) is 4.20. The summed E-state index contributed by atoms with van der Waals surface area (Å²) in [5.74, 6) is 0. The lowest BCUT2D eigenvalue weighted by Crippen LogP contribution is -2.01. The van der Waals surface area contributed by atoms with E-state index >= 15 is 0 Å². The summed E-state index contributed by atoms with van der Waals surface area (Å²) in [7, 11) is 0. The molecule has 2 rings (SSSR count). The van der Waals surface area contributed by atoms with Gasteiger partial charge in [-0.25, -0.2) is 0 Å². The molecule has 0 aliphatic rings. The largest absolute Gasteiger partial charge is 0.388 e. The summed E-state index contributed by atoms with van der Waals surface area (Å²) >= 11 is 3.93. The van der Waals surface area contributed by atoms with Crippen molar-refractivity contribution in [2.45, 2.75) is 19.4 Å². The molecule has 0 amide bonds. The fourth-order valence-corrected chi connectivity index (χ4v) is 2.92. The number of aliphatic hydroxyl groups excluding tert-OH is 1. The Balaban J connectivity index is 2.10. The summed E-state index contributed by atoms with van der Waals surface area (Å²) in [6.45, 7) is 2.04. The number of benzene rings is 1. The van der Waals surface area contributed by atoms with Crippen LogP contribution in [0.3, 0.4) is 0 Å². The van der Waals surface area contributed by atoms with Gasteiger partial charge in [0.15, 0.2) is 0 Å². The van der Waals surface area contributed by atoms with Gasteiger partial charge in [-0.1, -0.05) is 12.1 Å². The first-order valence-electron chi connectivity index (χ1n) is 5.12. The van der Waals surface area contributed by atoms with E-state index in [9.17, 15) is 5.11 Å². The highest BCUT2D eigenvalue weighted by molar-refractivity contribution is 14.1. The fraction of sp³-hybridized carbons (Fsp3) is 0.231. The van der Waals surface area contributed by atoms with Crippen LogP contribution >= 0.6 is 33.9 Å². The Morgan fingerprint density at radius 1 is 1.25 bits per heavy atom. The van der Waals surface area contributed by atoms with Gasteiger partial charge in [0, 0.05) is 9.99 Å². The molecule has 0 bridgehead atoms. The predicted octanol–water partition coefficient (Wildman–Crippen LogP) is 3.94. The molecule has 2 aromatic rings. The van der Waals surface area contributed by atoms with Gasteiger partial charge < -0.3 is 5.11 Å². The van der Waals surface area contributed by atoms with Crippen LogP contribution in [0.2, 0.25) is 0 Å². The van der Waals surface area contributed by atoms with Crippen molar-refractivity contribution in [2.75, 3.05) is 0 Å². The fourth-order valence-electron chi connectivity index (χ4n) is 1.67. The van der Waals surface area contributed by atoms with Crippen LogP contribution in [-0.2, 0) is 6.42 Å². The van der Waals surface area contributed by atoms with Crippen molar-refractivity contribution in [3.63, 3.8) is 0 Å². The molecule has 0 saturated heterocycles. The van der Waals surface area contributed by atoms with E-state index in [1.54, 1.807) is 11.3 Å². The minimum atomic E-state index is -0.383. The number of thiophene rings is 1. The molecule has 1 heterocycles. The van der Waals surface area contributed by atoms with Crippen LogP contribution in [0.4, 0.5) is 0 Å². The van der Waals surface area contributed by atoms with E-state index in [0.29, 0.717) is 6.42 Å². The highest BCUT2D eigenvalue weighted by Crippen LogP contribution is 2.24. The smallest absolute Gasteiger partial charge is 0.0840 e. The molecule has 1 N–H and O–H groups in total. The summed E-state index contributed by atoms with van der Waals surface area (Å²) in [5.41, 5.74) is 3.42. The Morgan fingerprint density at radius 2 is 1.94 bits per heavy atom. The summed E-state index contributed by atoms with van der Waals surface area (Å²) in [6, 6.07) is 8.30. The molecular weight excluding hydrogens is 331 g/mol. The second-order valence-electron chi connectivity index (χ2n) is 3.86. The zero-order valence-electron chi connectivity index (χ0n) is 8.98.